The first kappa shape index (κ1) is 15.4. The van der Waals surface area contributed by atoms with Crippen molar-refractivity contribution in [2.75, 3.05) is 26.7 Å². The highest BCUT2D eigenvalue weighted by atomic mass is 15.3. The quantitative estimate of drug-likeness (QED) is 0.912. The zero-order chi connectivity index (χ0) is 14.8. The van der Waals surface area contributed by atoms with E-state index in [1.807, 2.05) is 12.3 Å². The van der Waals surface area contributed by atoms with Gasteiger partial charge >= 0.3 is 0 Å². The van der Waals surface area contributed by atoms with Crippen LogP contribution < -0.4 is 5.73 Å². The molecule has 2 atom stereocenters. The second-order valence-electron chi connectivity index (χ2n) is 6.48. The largest absolute Gasteiger partial charge is 0.326 e. The summed E-state index contributed by atoms with van der Waals surface area (Å²) in [5.41, 5.74) is 7.69. The number of piperazine rings is 1. The predicted octanol–water partition coefficient (Wildman–Crippen LogP) is 1.89. The first-order valence-corrected chi connectivity index (χ1v) is 7.57. The first-order valence-electron chi connectivity index (χ1n) is 7.57. The first-order chi connectivity index (χ1) is 9.45. The Morgan fingerprint density at radius 3 is 2.65 bits per heavy atom. The molecule has 1 aliphatic rings. The maximum absolute atomic E-state index is 6.41. The van der Waals surface area contributed by atoms with Crippen molar-refractivity contribution in [3.63, 3.8) is 0 Å². The fourth-order valence-electron chi connectivity index (χ4n) is 2.97. The molecule has 1 aromatic heterocycles. The molecule has 1 aliphatic heterocycles. The van der Waals surface area contributed by atoms with Gasteiger partial charge in [0.1, 0.15) is 0 Å². The smallest absolute Gasteiger partial charge is 0.0674 e. The molecule has 1 aromatic rings. The van der Waals surface area contributed by atoms with Crippen molar-refractivity contribution in [3.8, 4) is 0 Å². The zero-order valence-electron chi connectivity index (χ0n) is 13.2. The minimum absolute atomic E-state index is 0.129. The lowest BCUT2D eigenvalue weighted by Crippen LogP contribution is -2.60. The van der Waals surface area contributed by atoms with Crippen LogP contribution in [0.3, 0.4) is 0 Å². The van der Waals surface area contributed by atoms with E-state index in [1.54, 1.807) is 0 Å². The van der Waals surface area contributed by atoms with Crippen LogP contribution in [0.5, 0.6) is 0 Å². The Morgan fingerprint density at radius 2 is 2.10 bits per heavy atom. The van der Waals surface area contributed by atoms with Gasteiger partial charge in [0.2, 0.25) is 0 Å². The van der Waals surface area contributed by atoms with Gasteiger partial charge in [0.15, 0.2) is 0 Å². The van der Waals surface area contributed by atoms with Crippen LogP contribution in [0.1, 0.15) is 38.9 Å². The number of hydrogen-bond donors (Lipinski definition) is 1. The molecule has 0 spiro atoms. The normalized spacial score (nSPS) is 23.4. The molecule has 2 unspecified atom stereocenters. The summed E-state index contributed by atoms with van der Waals surface area (Å²) >= 11 is 0. The number of hydrogen-bond acceptors (Lipinski definition) is 4. The van der Waals surface area contributed by atoms with Crippen molar-refractivity contribution < 1.29 is 0 Å². The molecule has 112 valence electrons. The second-order valence-corrected chi connectivity index (χ2v) is 6.48. The molecule has 0 aliphatic carbocycles. The summed E-state index contributed by atoms with van der Waals surface area (Å²) in [7, 11) is 2.20. The molecule has 4 heteroatoms. The molecule has 1 saturated heterocycles. The van der Waals surface area contributed by atoms with Gasteiger partial charge in [0.25, 0.3) is 0 Å². The Hall–Kier alpha value is -0.970. The summed E-state index contributed by atoms with van der Waals surface area (Å²) in [6.07, 6.45) is 2.83. The fourth-order valence-corrected chi connectivity index (χ4v) is 2.97. The van der Waals surface area contributed by atoms with Gasteiger partial charge in [-0.05, 0) is 39.4 Å². The highest BCUT2D eigenvalue weighted by Crippen LogP contribution is 2.29. The average molecular weight is 276 g/mol. The van der Waals surface area contributed by atoms with Gasteiger partial charge in [-0.1, -0.05) is 13.0 Å². The Morgan fingerprint density at radius 1 is 1.35 bits per heavy atom. The van der Waals surface area contributed by atoms with Crippen LogP contribution in [0.2, 0.25) is 0 Å². The zero-order valence-corrected chi connectivity index (χ0v) is 13.2. The van der Waals surface area contributed by atoms with Crippen LogP contribution in [0.15, 0.2) is 24.4 Å². The van der Waals surface area contributed by atoms with E-state index in [9.17, 15) is 0 Å². The average Bonchev–Trinajstić information content (AvgIpc) is 2.43. The Labute approximate surface area is 123 Å². The molecule has 0 amide bonds. The van der Waals surface area contributed by atoms with Crippen molar-refractivity contribution in [2.45, 2.75) is 44.8 Å². The molecule has 0 saturated carbocycles. The highest BCUT2D eigenvalue weighted by Gasteiger charge is 2.36. The number of pyridine rings is 1. The lowest BCUT2D eigenvalue weighted by atomic mass is 9.94. The predicted molar refractivity (Wildman–Crippen MR) is 83.5 cm³/mol. The van der Waals surface area contributed by atoms with Crippen molar-refractivity contribution in [2.24, 2.45) is 5.73 Å². The molecule has 0 radical (unpaired) electrons. The molecular weight excluding hydrogens is 248 g/mol. The van der Waals surface area contributed by atoms with Gasteiger partial charge in [0.05, 0.1) is 11.7 Å². The van der Waals surface area contributed by atoms with Gasteiger partial charge in [-0.15, -0.1) is 0 Å². The van der Waals surface area contributed by atoms with Crippen LogP contribution in [-0.2, 0) is 0 Å². The van der Waals surface area contributed by atoms with E-state index in [0.29, 0.717) is 0 Å². The molecule has 2 N–H and O–H groups in total. The summed E-state index contributed by atoms with van der Waals surface area (Å²) in [6.45, 7) is 9.90. The summed E-state index contributed by atoms with van der Waals surface area (Å²) in [4.78, 5) is 9.49. The molecule has 0 aromatic carbocycles. The van der Waals surface area contributed by atoms with Crippen LogP contribution in [0.25, 0.3) is 0 Å². The monoisotopic (exact) mass is 276 g/mol. The van der Waals surface area contributed by atoms with E-state index in [-0.39, 0.29) is 17.6 Å². The second kappa shape index (κ2) is 6.20. The number of aromatic nitrogens is 1. The summed E-state index contributed by atoms with van der Waals surface area (Å²) in [5, 5.41) is 0. The summed E-state index contributed by atoms with van der Waals surface area (Å²) in [5.74, 6) is 0. The molecule has 1 fully saturated rings. The number of rotatable bonds is 4. The third kappa shape index (κ3) is 3.19. The Bertz CT molecular complexity index is 418. The van der Waals surface area contributed by atoms with E-state index >= 15 is 0 Å². The van der Waals surface area contributed by atoms with Crippen LogP contribution in [0.4, 0.5) is 0 Å². The molecule has 0 bridgehead atoms. The lowest BCUT2D eigenvalue weighted by Gasteiger charge is -2.48. The van der Waals surface area contributed by atoms with Gasteiger partial charge in [0, 0.05) is 37.4 Å². The van der Waals surface area contributed by atoms with Gasteiger partial charge in [-0.2, -0.15) is 0 Å². The van der Waals surface area contributed by atoms with E-state index in [2.05, 4.69) is 54.7 Å². The highest BCUT2D eigenvalue weighted by molar-refractivity contribution is 5.12. The molecule has 20 heavy (non-hydrogen) atoms. The van der Waals surface area contributed by atoms with Crippen molar-refractivity contribution in [1.82, 2.24) is 14.8 Å². The Balaban J connectivity index is 2.24. The molecule has 4 nitrogen and oxygen atoms in total. The third-order valence-corrected chi connectivity index (χ3v) is 4.61. The minimum Gasteiger partial charge on any atom is -0.326 e. The van der Waals surface area contributed by atoms with Gasteiger partial charge in [-0.25, -0.2) is 0 Å². The van der Waals surface area contributed by atoms with Gasteiger partial charge in [-0.3, -0.25) is 14.8 Å². The van der Waals surface area contributed by atoms with Crippen LogP contribution in [-0.4, -0.2) is 53.0 Å². The van der Waals surface area contributed by atoms with Crippen molar-refractivity contribution in [3.05, 3.63) is 30.1 Å². The van der Waals surface area contributed by atoms with Crippen LogP contribution in [0, 0.1) is 0 Å². The van der Waals surface area contributed by atoms with E-state index in [4.69, 9.17) is 5.73 Å². The maximum Gasteiger partial charge on any atom is 0.0674 e. The summed E-state index contributed by atoms with van der Waals surface area (Å²) in [6, 6.07) is 6.47. The van der Waals surface area contributed by atoms with Crippen molar-refractivity contribution >= 4 is 0 Å². The maximum atomic E-state index is 6.41. The fraction of sp³-hybridized carbons (Fsp3) is 0.688. The molecule has 2 heterocycles. The van der Waals surface area contributed by atoms with Crippen molar-refractivity contribution in [1.29, 1.82) is 0 Å². The number of likely N-dealkylation sites (N-methyl/N-ethyl adjacent to an activating group) is 1. The number of nitrogens with zero attached hydrogens (tertiary/aromatic N) is 3. The molecule has 2 rings (SSSR count). The Kier molecular flexibility index (Phi) is 4.78. The lowest BCUT2D eigenvalue weighted by molar-refractivity contribution is 0.00851. The number of nitrogens with two attached hydrogens (primary N) is 1. The van der Waals surface area contributed by atoms with Gasteiger partial charge < -0.3 is 5.73 Å². The topological polar surface area (TPSA) is 45.4 Å². The van der Waals surface area contributed by atoms with E-state index in [0.717, 1.165) is 31.7 Å². The summed E-state index contributed by atoms with van der Waals surface area (Å²) < 4.78 is 0. The molecular formula is C16H28N4. The standard InChI is InChI=1S/C16H28N4/c1-5-13(17)15(14-8-6-7-9-18-14)20-11-10-19(4)16(2,3)12-20/h6-9,13,15H,5,10-12,17H2,1-4H3. The van der Waals surface area contributed by atoms with E-state index in [1.165, 1.54) is 0 Å². The minimum atomic E-state index is 0.129. The van der Waals surface area contributed by atoms with E-state index < -0.39 is 0 Å². The third-order valence-electron chi connectivity index (χ3n) is 4.61. The SMILES string of the molecule is CCC(N)C(c1ccccn1)N1CCN(C)C(C)(C)C1. The van der Waals surface area contributed by atoms with Crippen LogP contribution >= 0.6 is 0 Å².